The van der Waals surface area contributed by atoms with Crippen LogP contribution >= 0.6 is 0 Å². The van der Waals surface area contributed by atoms with Crippen LogP contribution in [0.25, 0.3) is 0 Å². The highest BCUT2D eigenvalue weighted by molar-refractivity contribution is 5.89. The van der Waals surface area contributed by atoms with Gasteiger partial charge in [0, 0.05) is 0 Å². The Hall–Kier alpha value is -1.78. The first-order chi connectivity index (χ1) is 7.18. The zero-order valence-electron chi connectivity index (χ0n) is 7.97. The van der Waals surface area contributed by atoms with E-state index in [0.717, 1.165) is 0 Å². The van der Waals surface area contributed by atoms with Gasteiger partial charge < -0.3 is 14.8 Å². The van der Waals surface area contributed by atoms with Crippen molar-refractivity contribution in [3.8, 4) is 0 Å². The molecule has 0 radical (unpaired) electrons. The van der Waals surface area contributed by atoms with Crippen LogP contribution in [-0.2, 0) is 16.1 Å². The lowest BCUT2D eigenvalue weighted by molar-refractivity contribution is -0.140. The summed E-state index contributed by atoms with van der Waals surface area (Å²) < 4.78 is 5.03. The highest BCUT2D eigenvalue weighted by atomic mass is 16.4. The Balaban J connectivity index is 1.77. The van der Waals surface area contributed by atoms with Gasteiger partial charge in [-0.3, -0.25) is 9.59 Å². The summed E-state index contributed by atoms with van der Waals surface area (Å²) in [7, 11) is 0. The summed E-state index contributed by atoms with van der Waals surface area (Å²) in [6.45, 7) is 0.314. The van der Waals surface area contributed by atoms with Gasteiger partial charge in [-0.05, 0) is 18.6 Å². The molecule has 5 heteroatoms. The largest absolute Gasteiger partial charge is 0.481 e. The van der Waals surface area contributed by atoms with Crippen LogP contribution in [0.2, 0.25) is 0 Å². The van der Waals surface area contributed by atoms with Gasteiger partial charge in [-0.15, -0.1) is 0 Å². The van der Waals surface area contributed by atoms with Gasteiger partial charge in [0.2, 0.25) is 5.91 Å². The molecule has 0 bridgehead atoms. The molecule has 0 aliphatic heterocycles. The second-order valence-corrected chi connectivity index (χ2v) is 3.58. The SMILES string of the molecule is O=C(O)C1CC1C(=O)NCc1ccco1. The zero-order chi connectivity index (χ0) is 10.8. The quantitative estimate of drug-likeness (QED) is 0.761. The van der Waals surface area contributed by atoms with Crippen molar-refractivity contribution in [1.29, 1.82) is 0 Å². The summed E-state index contributed by atoms with van der Waals surface area (Å²) in [6, 6.07) is 3.49. The first-order valence-corrected chi connectivity index (χ1v) is 4.71. The molecule has 1 heterocycles. The molecule has 1 fully saturated rings. The first kappa shape index (κ1) is 9.76. The minimum Gasteiger partial charge on any atom is -0.481 e. The molecule has 1 amide bonds. The van der Waals surface area contributed by atoms with Gasteiger partial charge in [0.1, 0.15) is 5.76 Å². The van der Waals surface area contributed by atoms with Crippen LogP contribution in [-0.4, -0.2) is 17.0 Å². The van der Waals surface area contributed by atoms with Gasteiger partial charge in [0.25, 0.3) is 0 Å². The monoisotopic (exact) mass is 209 g/mol. The minimum atomic E-state index is -0.895. The summed E-state index contributed by atoms with van der Waals surface area (Å²) in [4.78, 5) is 21.9. The van der Waals surface area contributed by atoms with Gasteiger partial charge in [-0.1, -0.05) is 0 Å². The summed E-state index contributed by atoms with van der Waals surface area (Å²) in [5.41, 5.74) is 0. The van der Waals surface area contributed by atoms with Crippen LogP contribution in [0.5, 0.6) is 0 Å². The summed E-state index contributed by atoms with van der Waals surface area (Å²) in [5, 5.41) is 11.3. The molecule has 1 aromatic heterocycles. The molecule has 1 aliphatic carbocycles. The predicted octanol–water partition coefficient (Wildman–Crippen LogP) is 0.616. The number of carbonyl (C=O) groups is 2. The number of furan rings is 1. The van der Waals surface area contributed by atoms with Gasteiger partial charge in [-0.25, -0.2) is 0 Å². The van der Waals surface area contributed by atoms with Crippen molar-refractivity contribution in [2.75, 3.05) is 0 Å². The Morgan fingerprint density at radius 3 is 2.87 bits per heavy atom. The highest BCUT2D eigenvalue weighted by Crippen LogP contribution is 2.38. The Morgan fingerprint density at radius 2 is 2.33 bits per heavy atom. The summed E-state index contributed by atoms with van der Waals surface area (Å²) >= 11 is 0. The fourth-order valence-corrected chi connectivity index (χ4v) is 1.48. The van der Waals surface area contributed by atoms with Crippen molar-refractivity contribution in [1.82, 2.24) is 5.32 Å². The molecular weight excluding hydrogens is 198 g/mol. The van der Waals surface area contributed by atoms with Crippen LogP contribution in [0, 0.1) is 11.8 Å². The molecule has 0 spiro atoms. The molecule has 0 saturated heterocycles. The third-order valence-electron chi connectivity index (χ3n) is 2.46. The van der Waals surface area contributed by atoms with Crippen molar-refractivity contribution >= 4 is 11.9 Å². The number of hydrogen-bond acceptors (Lipinski definition) is 3. The van der Waals surface area contributed by atoms with Crippen LogP contribution < -0.4 is 5.32 Å². The fraction of sp³-hybridized carbons (Fsp3) is 0.400. The average molecular weight is 209 g/mol. The minimum absolute atomic E-state index is 0.209. The van der Waals surface area contributed by atoms with Gasteiger partial charge in [0.15, 0.2) is 0 Å². The third kappa shape index (κ3) is 2.18. The molecule has 1 saturated carbocycles. The van der Waals surface area contributed by atoms with Gasteiger partial charge in [0.05, 0.1) is 24.6 Å². The molecule has 1 aliphatic rings. The second-order valence-electron chi connectivity index (χ2n) is 3.58. The van der Waals surface area contributed by atoms with Crippen molar-refractivity contribution in [3.63, 3.8) is 0 Å². The van der Waals surface area contributed by atoms with E-state index in [1.807, 2.05) is 0 Å². The number of carbonyl (C=O) groups excluding carboxylic acids is 1. The number of carboxylic acids is 1. The number of nitrogens with one attached hydrogen (secondary N) is 1. The molecule has 5 nitrogen and oxygen atoms in total. The van der Waals surface area contributed by atoms with Crippen molar-refractivity contribution in [2.24, 2.45) is 11.8 Å². The van der Waals surface area contributed by atoms with Crippen LogP contribution in [0.1, 0.15) is 12.2 Å². The number of rotatable bonds is 4. The van der Waals surface area contributed by atoms with E-state index in [1.165, 1.54) is 6.26 Å². The molecular formula is C10H11NO4. The van der Waals surface area contributed by atoms with E-state index >= 15 is 0 Å². The van der Waals surface area contributed by atoms with E-state index in [4.69, 9.17) is 9.52 Å². The van der Waals surface area contributed by atoms with Crippen molar-refractivity contribution < 1.29 is 19.1 Å². The van der Waals surface area contributed by atoms with E-state index in [0.29, 0.717) is 18.7 Å². The predicted molar refractivity (Wildman–Crippen MR) is 49.8 cm³/mol. The van der Waals surface area contributed by atoms with Crippen molar-refractivity contribution in [2.45, 2.75) is 13.0 Å². The van der Waals surface area contributed by atoms with Crippen LogP contribution in [0.4, 0.5) is 0 Å². The molecule has 2 atom stereocenters. The van der Waals surface area contributed by atoms with Crippen LogP contribution in [0.15, 0.2) is 22.8 Å². The fourth-order valence-electron chi connectivity index (χ4n) is 1.48. The third-order valence-corrected chi connectivity index (χ3v) is 2.46. The lowest BCUT2D eigenvalue weighted by Crippen LogP contribution is -2.25. The molecule has 2 rings (SSSR count). The maximum atomic E-state index is 11.4. The molecule has 0 aromatic carbocycles. The normalized spacial score (nSPS) is 23.5. The standard InChI is InChI=1S/C10H11NO4/c12-9(7-4-8(7)10(13)14)11-5-6-2-1-3-15-6/h1-3,7-8H,4-5H2,(H,11,12)(H,13,14). The molecule has 2 unspecified atom stereocenters. The second kappa shape index (κ2) is 3.76. The Labute approximate surface area is 86.1 Å². The number of aliphatic carboxylic acids is 1. The Bertz CT molecular complexity index is 371. The van der Waals surface area contributed by atoms with E-state index in [9.17, 15) is 9.59 Å². The maximum Gasteiger partial charge on any atom is 0.307 e. The molecule has 15 heavy (non-hydrogen) atoms. The van der Waals surface area contributed by atoms with Crippen molar-refractivity contribution in [3.05, 3.63) is 24.2 Å². The topological polar surface area (TPSA) is 79.5 Å². The summed E-state index contributed by atoms with van der Waals surface area (Å²) in [6.07, 6.45) is 1.97. The lowest BCUT2D eigenvalue weighted by Gasteiger charge is -2.00. The molecule has 1 aromatic rings. The van der Waals surface area contributed by atoms with E-state index in [1.54, 1.807) is 12.1 Å². The summed E-state index contributed by atoms with van der Waals surface area (Å²) in [5.74, 6) is -1.30. The van der Waals surface area contributed by atoms with Crippen LogP contribution in [0.3, 0.4) is 0 Å². The van der Waals surface area contributed by atoms with E-state index in [2.05, 4.69) is 5.32 Å². The van der Waals surface area contributed by atoms with Gasteiger partial charge >= 0.3 is 5.97 Å². The Morgan fingerprint density at radius 1 is 1.53 bits per heavy atom. The first-order valence-electron chi connectivity index (χ1n) is 4.71. The average Bonchev–Trinajstić information content (AvgIpc) is 2.85. The smallest absolute Gasteiger partial charge is 0.307 e. The zero-order valence-corrected chi connectivity index (χ0v) is 7.97. The molecule has 2 N–H and O–H groups in total. The number of carboxylic acid groups (broad SMARTS) is 1. The van der Waals surface area contributed by atoms with Gasteiger partial charge in [-0.2, -0.15) is 0 Å². The van der Waals surface area contributed by atoms with E-state index in [-0.39, 0.29) is 11.8 Å². The Kier molecular flexibility index (Phi) is 2.45. The molecule has 80 valence electrons. The lowest BCUT2D eigenvalue weighted by atomic mass is 10.3. The number of amides is 1. The highest BCUT2D eigenvalue weighted by Gasteiger charge is 2.48. The number of hydrogen-bond donors (Lipinski definition) is 2. The maximum absolute atomic E-state index is 11.4. The van der Waals surface area contributed by atoms with E-state index < -0.39 is 11.9 Å².